The van der Waals surface area contributed by atoms with Crippen molar-refractivity contribution in [2.24, 2.45) is 5.92 Å². The number of ether oxygens (including phenoxy) is 1. The molecule has 0 saturated carbocycles. The van der Waals surface area contributed by atoms with Crippen LogP contribution in [0.1, 0.15) is 30.6 Å². The van der Waals surface area contributed by atoms with Gasteiger partial charge in [0.1, 0.15) is 11.6 Å². The highest BCUT2D eigenvalue weighted by atomic mass is 19.1. The summed E-state index contributed by atoms with van der Waals surface area (Å²) in [5, 5.41) is 2.72. The Morgan fingerprint density at radius 1 is 1.09 bits per heavy atom. The summed E-state index contributed by atoms with van der Waals surface area (Å²) >= 11 is 0. The average Bonchev–Trinajstić information content (AvgIpc) is 2.50. The van der Waals surface area contributed by atoms with E-state index in [1.165, 1.54) is 24.3 Å². The van der Waals surface area contributed by atoms with Crippen LogP contribution in [0.5, 0.6) is 5.75 Å². The van der Waals surface area contributed by atoms with E-state index < -0.39 is 0 Å². The second kappa shape index (κ2) is 7.59. The first-order valence-corrected chi connectivity index (χ1v) is 7.34. The molecule has 0 heterocycles. The van der Waals surface area contributed by atoms with E-state index in [0.717, 1.165) is 12.2 Å². The van der Waals surface area contributed by atoms with Crippen molar-refractivity contribution in [3.05, 3.63) is 59.9 Å². The van der Waals surface area contributed by atoms with Crippen LogP contribution in [-0.4, -0.2) is 12.5 Å². The van der Waals surface area contributed by atoms with Crippen LogP contribution in [0, 0.1) is 11.7 Å². The molecule has 0 unspecified atom stereocenters. The number of amides is 1. The second-order valence-electron chi connectivity index (χ2n) is 5.52. The molecule has 2 aromatic rings. The van der Waals surface area contributed by atoms with Crippen molar-refractivity contribution in [2.75, 3.05) is 11.9 Å². The molecule has 1 N–H and O–H groups in total. The summed E-state index contributed by atoms with van der Waals surface area (Å²) in [5.74, 6) is 0.779. The maximum absolute atomic E-state index is 12.8. The lowest BCUT2D eigenvalue weighted by atomic mass is 10.1. The Morgan fingerprint density at radius 3 is 2.32 bits per heavy atom. The van der Waals surface area contributed by atoms with E-state index in [9.17, 15) is 9.18 Å². The standard InChI is InChI=1S/C18H20FNO2/c1-13(2)11-12-22-17-9-3-14(4-10-17)18(21)20-16-7-5-15(19)6-8-16/h3-10,13H,11-12H2,1-2H3,(H,20,21). The third-order valence-electron chi connectivity index (χ3n) is 3.18. The predicted octanol–water partition coefficient (Wildman–Crippen LogP) is 4.50. The topological polar surface area (TPSA) is 38.3 Å². The van der Waals surface area contributed by atoms with Gasteiger partial charge < -0.3 is 10.1 Å². The Labute approximate surface area is 130 Å². The Balaban J connectivity index is 1.91. The SMILES string of the molecule is CC(C)CCOc1ccc(C(=O)Nc2ccc(F)cc2)cc1. The molecule has 0 spiro atoms. The number of carbonyl (C=O) groups is 1. The molecule has 2 aromatic carbocycles. The zero-order valence-corrected chi connectivity index (χ0v) is 12.8. The van der Waals surface area contributed by atoms with E-state index in [2.05, 4.69) is 19.2 Å². The molecule has 0 atom stereocenters. The summed E-state index contributed by atoms with van der Waals surface area (Å²) in [6.45, 7) is 4.96. The number of benzene rings is 2. The molecule has 4 heteroatoms. The van der Waals surface area contributed by atoms with Crippen LogP contribution in [0.25, 0.3) is 0 Å². The van der Waals surface area contributed by atoms with Crippen LogP contribution >= 0.6 is 0 Å². The van der Waals surface area contributed by atoms with Gasteiger partial charge in [-0.1, -0.05) is 13.8 Å². The Hall–Kier alpha value is -2.36. The highest BCUT2D eigenvalue weighted by Gasteiger charge is 2.06. The highest BCUT2D eigenvalue weighted by molar-refractivity contribution is 6.04. The zero-order chi connectivity index (χ0) is 15.9. The first-order chi connectivity index (χ1) is 10.5. The van der Waals surface area contributed by atoms with E-state index in [4.69, 9.17) is 4.74 Å². The van der Waals surface area contributed by atoms with Gasteiger partial charge in [0, 0.05) is 11.3 Å². The van der Waals surface area contributed by atoms with Crippen LogP contribution in [-0.2, 0) is 0 Å². The van der Waals surface area contributed by atoms with Crippen molar-refractivity contribution in [3.63, 3.8) is 0 Å². The van der Waals surface area contributed by atoms with E-state index in [1.807, 2.05) is 0 Å². The van der Waals surface area contributed by atoms with Crippen LogP contribution < -0.4 is 10.1 Å². The third-order valence-corrected chi connectivity index (χ3v) is 3.18. The minimum atomic E-state index is -0.333. The van der Waals surface area contributed by atoms with Crippen molar-refractivity contribution >= 4 is 11.6 Å². The number of anilines is 1. The molecule has 22 heavy (non-hydrogen) atoms. The predicted molar refractivity (Wildman–Crippen MR) is 85.7 cm³/mol. The molecule has 3 nitrogen and oxygen atoms in total. The summed E-state index contributed by atoms with van der Waals surface area (Å²) in [7, 11) is 0. The molecule has 0 fully saturated rings. The van der Waals surface area contributed by atoms with Crippen LogP contribution in [0.3, 0.4) is 0 Å². The van der Waals surface area contributed by atoms with Crippen molar-refractivity contribution in [3.8, 4) is 5.75 Å². The number of hydrogen-bond acceptors (Lipinski definition) is 2. The van der Waals surface area contributed by atoms with Gasteiger partial charge in [0.25, 0.3) is 5.91 Å². The highest BCUT2D eigenvalue weighted by Crippen LogP contribution is 2.15. The minimum absolute atomic E-state index is 0.236. The Morgan fingerprint density at radius 2 is 1.73 bits per heavy atom. The average molecular weight is 301 g/mol. The lowest BCUT2D eigenvalue weighted by molar-refractivity contribution is 0.102. The zero-order valence-electron chi connectivity index (χ0n) is 12.8. The molecule has 0 aromatic heterocycles. The van der Waals surface area contributed by atoms with Gasteiger partial charge >= 0.3 is 0 Å². The summed E-state index contributed by atoms with van der Waals surface area (Å²) in [4.78, 5) is 12.1. The fourth-order valence-electron chi connectivity index (χ4n) is 1.85. The quantitative estimate of drug-likeness (QED) is 0.853. The van der Waals surface area contributed by atoms with Gasteiger partial charge in [-0.25, -0.2) is 4.39 Å². The third kappa shape index (κ3) is 4.88. The molecule has 2 rings (SSSR count). The molecule has 0 saturated heterocycles. The molecule has 0 bridgehead atoms. The largest absolute Gasteiger partial charge is 0.494 e. The molecule has 0 aliphatic heterocycles. The maximum atomic E-state index is 12.8. The van der Waals surface area contributed by atoms with Crippen molar-refractivity contribution in [1.82, 2.24) is 0 Å². The van der Waals surface area contributed by atoms with Gasteiger partial charge in [0.2, 0.25) is 0 Å². The number of rotatable bonds is 6. The van der Waals surface area contributed by atoms with Gasteiger partial charge in [-0.15, -0.1) is 0 Å². The summed E-state index contributed by atoms with van der Waals surface area (Å²) in [6, 6.07) is 12.6. The van der Waals surface area contributed by atoms with E-state index in [1.54, 1.807) is 24.3 Å². The number of halogens is 1. The Kier molecular flexibility index (Phi) is 5.53. The van der Waals surface area contributed by atoms with E-state index in [-0.39, 0.29) is 11.7 Å². The number of nitrogens with one attached hydrogen (secondary N) is 1. The summed E-state index contributed by atoms with van der Waals surface area (Å²) in [6.07, 6.45) is 0.993. The van der Waals surface area contributed by atoms with E-state index in [0.29, 0.717) is 23.8 Å². The van der Waals surface area contributed by atoms with Crippen molar-refractivity contribution < 1.29 is 13.9 Å². The molecule has 0 aliphatic rings. The van der Waals surface area contributed by atoms with Gasteiger partial charge in [-0.3, -0.25) is 4.79 Å². The molecule has 116 valence electrons. The Bertz CT molecular complexity index is 606. The fourth-order valence-corrected chi connectivity index (χ4v) is 1.85. The van der Waals surface area contributed by atoms with Crippen molar-refractivity contribution in [1.29, 1.82) is 0 Å². The van der Waals surface area contributed by atoms with Crippen LogP contribution in [0.15, 0.2) is 48.5 Å². The lowest BCUT2D eigenvalue weighted by Gasteiger charge is -2.09. The monoisotopic (exact) mass is 301 g/mol. The van der Waals surface area contributed by atoms with Crippen molar-refractivity contribution in [2.45, 2.75) is 20.3 Å². The first-order valence-electron chi connectivity index (χ1n) is 7.34. The molecular weight excluding hydrogens is 281 g/mol. The van der Waals surface area contributed by atoms with Gasteiger partial charge in [0.05, 0.1) is 6.61 Å². The second-order valence-corrected chi connectivity index (χ2v) is 5.52. The lowest BCUT2D eigenvalue weighted by Crippen LogP contribution is -2.11. The minimum Gasteiger partial charge on any atom is -0.494 e. The molecule has 0 radical (unpaired) electrons. The number of carbonyl (C=O) groups excluding carboxylic acids is 1. The van der Waals surface area contributed by atoms with Gasteiger partial charge in [-0.05, 0) is 60.9 Å². The molecular formula is C18H20FNO2. The summed E-state index contributed by atoms with van der Waals surface area (Å²) in [5.41, 5.74) is 1.09. The van der Waals surface area contributed by atoms with Gasteiger partial charge in [-0.2, -0.15) is 0 Å². The first kappa shape index (κ1) is 16.0. The normalized spacial score (nSPS) is 10.5. The van der Waals surface area contributed by atoms with Crippen LogP contribution in [0.4, 0.5) is 10.1 Å². The maximum Gasteiger partial charge on any atom is 0.255 e. The summed E-state index contributed by atoms with van der Waals surface area (Å²) < 4.78 is 18.4. The van der Waals surface area contributed by atoms with Crippen LogP contribution in [0.2, 0.25) is 0 Å². The molecule has 1 amide bonds. The molecule has 0 aliphatic carbocycles. The fraction of sp³-hybridized carbons (Fsp3) is 0.278. The smallest absolute Gasteiger partial charge is 0.255 e. The van der Waals surface area contributed by atoms with Gasteiger partial charge in [0.15, 0.2) is 0 Å². The van der Waals surface area contributed by atoms with E-state index >= 15 is 0 Å². The number of hydrogen-bond donors (Lipinski definition) is 1.